The van der Waals surface area contributed by atoms with Crippen LogP contribution in [0.5, 0.6) is 0 Å². The topological polar surface area (TPSA) is 29.6 Å². The maximum absolute atomic E-state index is 12.2. The molecule has 2 fully saturated rings. The van der Waals surface area contributed by atoms with Gasteiger partial charge in [0.15, 0.2) is 0 Å². The van der Waals surface area contributed by atoms with Gasteiger partial charge in [-0.3, -0.25) is 4.79 Å². The molecule has 17 heavy (non-hydrogen) atoms. The summed E-state index contributed by atoms with van der Waals surface area (Å²) in [4.78, 5) is 12.2. The van der Waals surface area contributed by atoms with E-state index < -0.39 is 0 Å². The van der Waals surface area contributed by atoms with Crippen LogP contribution in [0.15, 0.2) is 0 Å². The van der Waals surface area contributed by atoms with Gasteiger partial charge < -0.3 is 4.74 Å². The molecule has 2 aliphatic rings. The summed E-state index contributed by atoms with van der Waals surface area (Å²) in [5.74, 6) is 0.646. The number of hydrogen-bond acceptors (Lipinski definition) is 2. The fourth-order valence-electron chi connectivity index (χ4n) is 3.00. The molecule has 0 spiro atoms. The first kappa shape index (κ1) is 13.1. The van der Waals surface area contributed by atoms with Gasteiger partial charge in [0, 0.05) is 12.3 Å². The molecule has 2 heteroatoms. The number of carbonyl (C=O) groups is 1. The molecule has 0 aromatic carbocycles. The monoisotopic (exact) mass is 238 g/mol. The molecule has 1 saturated heterocycles. The average molecular weight is 238 g/mol. The largest absolute Gasteiger partial charge is 0.369 e. The second kappa shape index (κ2) is 5.99. The Morgan fingerprint density at radius 1 is 1.00 bits per heavy atom. The van der Waals surface area contributed by atoms with E-state index in [1.54, 1.807) is 0 Å². The van der Waals surface area contributed by atoms with E-state index in [-0.39, 0.29) is 11.5 Å². The van der Waals surface area contributed by atoms with Crippen molar-refractivity contribution in [3.63, 3.8) is 0 Å². The van der Waals surface area contributed by atoms with Crippen molar-refractivity contribution >= 4 is 5.78 Å². The van der Waals surface area contributed by atoms with E-state index in [0.717, 1.165) is 25.9 Å². The summed E-state index contributed by atoms with van der Waals surface area (Å²) in [7, 11) is 0. The zero-order chi connectivity index (χ0) is 12.1. The molecule has 0 aromatic rings. The Hall–Kier alpha value is -0.370. The molecule has 2 atom stereocenters. The van der Waals surface area contributed by atoms with Gasteiger partial charge in [-0.05, 0) is 19.8 Å². The van der Waals surface area contributed by atoms with Crippen LogP contribution in [0.2, 0.25) is 0 Å². The molecule has 1 aliphatic heterocycles. The Bertz CT molecular complexity index is 256. The number of rotatable bonds is 1. The van der Waals surface area contributed by atoms with Crippen LogP contribution in [0.4, 0.5) is 0 Å². The van der Waals surface area contributed by atoms with Crippen molar-refractivity contribution in [3.8, 4) is 0 Å². The van der Waals surface area contributed by atoms with Crippen molar-refractivity contribution < 1.29 is 9.53 Å². The fourth-order valence-corrected chi connectivity index (χ4v) is 3.00. The van der Waals surface area contributed by atoms with Gasteiger partial charge in [-0.2, -0.15) is 0 Å². The van der Waals surface area contributed by atoms with Crippen LogP contribution in [0.25, 0.3) is 0 Å². The third kappa shape index (κ3) is 3.80. The number of ketones is 1. The summed E-state index contributed by atoms with van der Waals surface area (Å²) in [5.41, 5.74) is -0.0960. The van der Waals surface area contributed by atoms with Gasteiger partial charge in [0.25, 0.3) is 0 Å². The normalized spacial score (nSPS) is 37.0. The van der Waals surface area contributed by atoms with E-state index in [9.17, 15) is 4.79 Å². The lowest BCUT2D eigenvalue weighted by atomic mass is 9.83. The third-order valence-corrected chi connectivity index (χ3v) is 4.39. The minimum Gasteiger partial charge on any atom is -0.369 e. The standard InChI is InChI=1S/C15H26O2/c1-15(12-17-15)13-10-8-6-4-2-3-5-7-9-11-14(13)16/h13H,2-12H2,1H3. The van der Waals surface area contributed by atoms with Gasteiger partial charge >= 0.3 is 0 Å². The van der Waals surface area contributed by atoms with Gasteiger partial charge in [0.05, 0.1) is 12.2 Å². The van der Waals surface area contributed by atoms with Crippen LogP contribution >= 0.6 is 0 Å². The van der Waals surface area contributed by atoms with Crippen LogP contribution in [0.3, 0.4) is 0 Å². The van der Waals surface area contributed by atoms with Crippen molar-refractivity contribution in [2.75, 3.05) is 6.61 Å². The maximum atomic E-state index is 12.2. The minimum absolute atomic E-state index is 0.0960. The van der Waals surface area contributed by atoms with Crippen LogP contribution < -0.4 is 0 Å². The Morgan fingerprint density at radius 2 is 1.53 bits per heavy atom. The van der Waals surface area contributed by atoms with Gasteiger partial charge in [-0.15, -0.1) is 0 Å². The van der Waals surface area contributed by atoms with Crippen molar-refractivity contribution in [2.24, 2.45) is 5.92 Å². The highest BCUT2D eigenvalue weighted by Crippen LogP contribution is 2.39. The number of carbonyl (C=O) groups excluding carboxylic acids is 1. The summed E-state index contributed by atoms with van der Waals surface area (Å²) < 4.78 is 5.51. The molecular weight excluding hydrogens is 212 g/mol. The van der Waals surface area contributed by atoms with E-state index in [2.05, 4.69) is 6.92 Å². The number of epoxide rings is 1. The quantitative estimate of drug-likeness (QED) is 0.649. The highest BCUT2D eigenvalue weighted by Gasteiger charge is 2.49. The zero-order valence-electron chi connectivity index (χ0n) is 11.2. The highest BCUT2D eigenvalue weighted by molar-refractivity contribution is 5.82. The highest BCUT2D eigenvalue weighted by atomic mass is 16.6. The molecule has 2 rings (SSSR count). The molecule has 2 nitrogen and oxygen atoms in total. The summed E-state index contributed by atoms with van der Waals surface area (Å²) >= 11 is 0. The number of Topliss-reactive ketones (excluding diaryl/α,β-unsaturated/α-hetero) is 1. The summed E-state index contributed by atoms with van der Waals surface area (Å²) in [6.07, 6.45) is 12.0. The van der Waals surface area contributed by atoms with Crippen molar-refractivity contribution in [3.05, 3.63) is 0 Å². The molecule has 0 N–H and O–H groups in total. The molecule has 0 bridgehead atoms. The van der Waals surface area contributed by atoms with Crippen molar-refractivity contribution in [1.82, 2.24) is 0 Å². The minimum atomic E-state index is -0.0960. The molecule has 98 valence electrons. The smallest absolute Gasteiger partial charge is 0.138 e. The van der Waals surface area contributed by atoms with E-state index in [4.69, 9.17) is 4.74 Å². The second-order valence-electron chi connectivity index (χ2n) is 5.99. The lowest BCUT2D eigenvalue weighted by molar-refractivity contribution is -0.125. The Labute approximate surface area is 105 Å². The average Bonchev–Trinajstić information content (AvgIpc) is 3.02. The fraction of sp³-hybridized carbons (Fsp3) is 0.933. The first-order valence-electron chi connectivity index (χ1n) is 7.39. The molecule has 1 saturated carbocycles. The summed E-state index contributed by atoms with van der Waals surface area (Å²) in [5, 5.41) is 0. The lowest BCUT2D eigenvalue weighted by Crippen LogP contribution is -2.29. The maximum Gasteiger partial charge on any atom is 0.138 e. The molecule has 0 amide bonds. The summed E-state index contributed by atoms with van der Waals surface area (Å²) in [6.45, 7) is 2.91. The Morgan fingerprint density at radius 3 is 2.12 bits per heavy atom. The van der Waals surface area contributed by atoms with Crippen LogP contribution in [-0.2, 0) is 9.53 Å². The van der Waals surface area contributed by atoms with Gasteiger partial charge in [0.2, 0.25) is 0 Å². The summed E-state index contributed by atoms with van der Waals surface area (Å²) in [6, 6.07) is 0. The van der Waals surface area contributed by atoms with E-state index in [1.807, 2.05) is 0 Å². The molecule has 1 aliphatic carbocycles. The molecule has 2 unspecified atom stereocenters. The molecular formula is C15H26O2. The predicted octanol–water partition coefficient (Wildman–Crippen LogP) is 3.88. The first-order valence-corrected chi connectivity index (χ1v) is 7.39. The van der Waals surface area contributed by atoms with Gasteiger partial charge in [-0.25, -0.2) is 0 Å². The molecule has 0 radical (unpaired) electrons. The van der Waals surface area contributed by atoms with Gasteiger partial charge in [-0.1, -0.05) is 44.9 Å². The second-order valence-corrected chi connectivity index (χ2v) is 5.99. The number of hydrogen-bond donors (Lipinski definition) is 0. The van der Waals surface area contributed by atoms with E-state index in [1.165, 1.54) is 44.9 Å². The molecule has 0 aromatic heterocycles. The van der Waals surface area contributed by atoms with E-state index in [0.29, 0.717) is 5.78 Å². The third-order valence-electron chi connectivity index (χ3n) is 4.39. The SMILES string of the molecule is CC1(C2CCCCCCCCCCC2=O)CO1. The van der Waals surface area contributed by atoms with Crippen molar-refractivity contribution in [1.29, 1.82) is 0 Å². The van der Waals surface area contributed by atoms with Crippen LogP contribution in [0, 0.1) is 5.92 Å². The Balaban J connectivity index is 1.89. The first-order chi connectivity index (χ1) is 8.22. The lowest BCUT2D eigenvalue weighted by Gasteiger charge is -2.20. The van der Waals surface area contributed by atoms with Gasteiger partial charge in [0.1, 0.15) is 5.78 Å². The predicted molar refractivity (Wildman–Crippen MR) is 69.0 cm³/mol. The Kier molecular flexibility index (Phi) is 4.61. The van der Waals surface area contributed by atoms with Crippen LogP contribution in [-0.4, -0.2) is 18.0 Å². The van der Waals surface area contributed by atoms with Crippen LogP contribution in [0.1, 0.15) is 71.1 Å². The zero-order valence-corrected chi connectivity index (χ0v) is 11.2. The number of ether oxygens (including phenoxy) is 1. The van der Waals surface area contributed by atoms with E-state index >= 15 is 0 Å². The molecule has 1 heterocycles. The van der Waals surface area contributed by atoms with Crippen molar-refractivity contribution in [2.45, 2.75) is 76.7 Å².